The van der Waals surface area contributed by atoms with E-state index in [1.807, 2.05) is 9.80 Å². The molecule has 0 bridgehead atoms. The molecule has 2 amide bonds. The summed E-state index contributed by atoms with van der Waals surface area (Å²) >= 11 is 0. The van der Waals surface area contributed by atoms with Crippen molar-refractivity contribution in [3.8, 4) is 0 Å². The van der Waals surface area contributed by atoms with Crippen LogP contribution < -0.4 is 0 Å². The summed E-state index contributed by atoms with van der Waals surface area (Å²) in [7, 11) is -3.21. The molecule has 0 aliphatic carbocycles. The molecule has 2 heterocycles. The van der Waals surface area contributed by atoms with E-state index in [4.69, 9.17) is 0 Å². The lowest BCUT2D eigenvalue weighted by Gasteiger charge is -2.40. The van der Waals surface area contributed by atoms with Crippen molar-refractivity contribution in [2.45, 2.75) is 56.4 Å². The molecule has 0 saturated carbocycles. The molecule has 2 aliphatic heterocycles. The molecule has 0 N–H and O–H groups in total. The summed E-state index contributed by atoms with van der Waals surface area (Å²) in [5, 5.41) is 0. The van der Waals surface area contributed by atoms with E-state index in [0.29, 0.717) is 24.4 Å². The number of piperidine rings is 2. The predicted molar refractivity (Wildman–Crippen MR) is 103 cm³/mol. The van der Waals surface area contributed by atoms with Crippen molar-refractivity contribution in [3.05, 3.63) is 29.8 Å². The fraction of sp³-hybridized carbons (Fsp3) is 0.600. The average molecular weight is 393 g/mol. The van der Waals surface area contributed by atoms with Gasteiger partial charge in [-0.3, -0.25) is 9.59 Å². The number of hydrogen-bond acceptors (Lipinski definition) is 4. The van der Waals surface area contributed by atoms with Crippen LogP contribution >= 0.6 is 0 Å². The summed E-state index contributed by atoms with van der Waals surface area (Å²) in [4.78, 5) is 28.8. The maximum atomic E-state index is 12.6. The number of carbonyl (C=O) groups is 2. The van der Waals surface area contributed by atoms with Crippen LogP contribution in [0.2, 0.25) is 0 Å². The van der Waals surface area contributed by atoms with Gasteiger partial charge in [0.05, 0.1) is 17.1 Å². The second kappa shape index (κ2) is 8.42. The Hall–Kier alpha value is -1.89. The molecule has 2 aliphatic rings. The lowest BCUT2D eigenvalue weighted by Crippen LogP contribution is -2.50. The van der Waals surface area contributed by atoms with Crippen LogP contribution in [0.15, 0.2) is 29.2 Å². The van der Waals surface area contributed by atoms with Gasteiger partial charge >= 0.3 is 0 Å². The summed E-state index contributed by atoms with van der Waals surface area (Å²) < 4.78 is 23.7. The van der Waals surface area contributed by atoms with Gasteiger partial charge in [-0.2, -0.15) is 0 Å². The first kappa shape index (κ1) is 19.9. The van der Waals surface area contributed by atoms with E-state index < -0.39 is 9.84 Å². The molecule has 1 aromatic carbocycles. The van der Waals surface area contributed by atoms with E-state index in [0.717, 1.165) is 37.8 Å². The Morgan fingerprint density at radius 2 is 1.74 bits per heavy atom. The van der Waals surface area contributed by atoms with Gasteiger partial charge in [-0.05, 0) is 43.4 Å². The van der Waals surface area contributed by atoms with Gasteiger partial charge in [0.25, 0.3) is 0 Å². The molecule has 0 spiro atoms. The molecule has 6 nitrogen and oxygen atoms in total. The van der Waals surface area contributed by atoms with Crippen LogP contribution in [0.4, 0.5) is 0 Å². The van der Waals surface area contributed by atoms with Crippen molar-refractivity contribution in [2.75, 3.05) is 25.4 Å². The molecule has 0 aromatic heterocycles. The molecule has 3 rings (SSSR count). The van der Waals surface area contributed by atoms with Crippen LogP contribution in [0.3, 0.4) is 0 Å². The van der Waals surface area contributed by atoms with Gasteiger partial charge in [0.1, 0.15) is 0 Å². The molecular weight excluding hydrogens is 364 g/mol. The van der Waals surface area contributed by atoms with E-state index in [-0.39, 0.29) is 30.0 Å². The number of carbonyl (C=O) groups excluding carboxylic acids is 2. The number of rotatable bonds is 5. The zero-order chi connectivity index (χ0) is 19.4. The quantitative estimate of drug-likeness (QED) is 0.768. The monoisotopic (exact) mass is 392 g/mol. The number of sulfone groups is 1. The highest BCUT2D eigenvalue weighted by atomic mass is 32.2. The highest BCUT2D eigenvalue weighted by Crippen LogP contribution is 2.22. The van der Waals surface area contributed by atoms with Crippen molar-refractivity contribution in [2.24, 2.45) is 0 Å². The van der Waals surface area contributed by atoms with Gasteiger partial charge < -0.3 is 9.80 Å². The molecule has 27 heavy (non-hydrogen) atoms. The van der Waals surface area contributed by atoms with Crippen molar-refractivity contribution in [3.63, 3.8) is 0 Å². The molecule has 7 heteroatoms. The van der Waals surface area contributed by atoms with Crippen LogP contribution in [-0.2, 0) is 25.8 Å². The van der Waals surface area contributed by atoms with Crippen LogP contribution in [-0.4, -0.2) is 61.5 Å². The normalized spacial score (nSPS) is 19.4. The molecule has 2 saturated heterocycles. The molecule has 0 radical (unpaired) electrons. The molecule has 2 fully saturated rings. The van der Waals surface area contributed by atoms with Crippen molar-refractivity contribution >= 4 is 21.7 Å². The second-order valence-corrected chi connectivity index (χ2v) is 9.66. The third-order valence-corrected chi connectivity index (χ3v) is 7.39. The van der Waals surface area contributed by atoms with E-state index in [1.54, 1.807) is 31.2 Å². The molecule has 0 atom stereocenters. The van der Waals surface area contributed by atoms with Gasteiger partial charge in [-0.25, -0.2) is 8.42 Å². The lowest BCUT2D eigenvalue weighted by atomic mass is 9.99. The van der Waals surface area contributed by atoms with E-state index in [1.165, 1.54) is 0 Å². The summed E-state index contributed by atoms with van der Waals surface area (Å²) in [6.45, 7) is 3.82. The summed E-state index contributed by atoms with van der Waals surface area (Å²) in [6, 6.07) is 6.87. The van der Waals surface area contributed by atoms with Crippen molar-refractivity contribution in [1.29, 1.82) is 0 Å². The highest BCUT2D eigenvalue weighted by Gasteiger charge is 2.30. The number of hydrogen-bond donors (Lipinski definition) is 0. The average Bonchev–Trinajstić information content (AvgIpc) is 2.69. The van der Waals surface area contributed by atoms with Crippen molar-refractivity contribution in [1.82, 2.24) is 9.80 Å². The summed E-state index contributed by atoms with van der Waals surface area (Å²) in [6.07, 6.45) is 4.68. The predicted octanol–water partition coefficient (Wildman–Crippen LogP) is 2.03. The minimum absolute atomic E-state index is 0.0597. The fourth-order valence-corrected chi connectivity index (χ4v) is 4.79. The Balaban J connectivity index is 1.53. The van der Waals surface area contributed by atoms with Crippen molar-refractivity contribution < 1.29 is 18.0 Å². The SMILES string of the molecule is CCS(=O)(=O)c1ccc(CC(=O)N2CCC(N3CCCCC3=O)CC2)cc1. The summed E-state index contributed by atoms with van der Waals surface area (Å²) in [5.74, 6) is 0.386. The largest absolute Gasteiger partial charge is 0.342 e. The third kappa shape index (κ3) is 4.69. The van der Waals surface area contributed by atoms with E-state index >= 15 is 0 Å². The number of benzene rings is 1. The topological polar surface area (TPSA) is 74.8 Å². The Morgan fingerprint density at radius 1 is 1.07 bits per heavy atom. The first-order chi connectivity index (χ1) is 12.9. The lowest BCUT2D eigenvalue weighted by molar-refractivity contribution is -0.138. The number of likely N-dealkylation sites (tertiary alicyclic amines) is 2. The fourth-order valence-electron chi connectivity index (χ4n) is 3.91. The first-order valence-electron chi connectivity index (χ1n) is 9.79. The Bertz CT molecular complexity index is 781. The van der Waals surface area contributed by atoms with Gasteiger partial charge in [0, 0.05) is 32.1 Å². The van der Waals surface area contributed by atoms with Gasteiger partial charge in [0.2, 0.25) is 11.8 Å². The Labute approximate surface area is 161 Å². The van der Waals surface area contributed by atoms with Gasteiger partial charge in [-0.15, -0.1) is 0 Å². The zero-order valence-corrected chi connectivity index (χ0v) is 16.7. The van der Waals surface area contributed by atoms with Gasteiger partial charge in [0.15, 0.2) is 9.84 Å². The Kier molecular flexibility index (Phi) is 6.19. The van der Waals surface area contributed by atoms with E-state index in [2.05, 4.69) is 0 Å². The highest BCUT2D eigenvalue weighted by molar-refractivity contribution is 7.91. The maximum absolute atomic E-state index is 12.6. The number of nitrogens with zero attached hydrogens (tertiary/aromatic N) is 2. The van der Waals surface area contributed by atoms with Crippen LogP contribution in [0, 0.1) is 0 Å². The van der Waals surface area contributed by atoms with Crippen LogP contribution in [0.1, 0.15) is 44.6 Å². The van der Waals surface area contributed by atoms with E-state index in [9.17, 15) is 18.0 Å². The second-order valence-electron chi connectivity index (χ2n) is 7.38. The van der Waals surface area contributed by atoms with Gasteiger partial charge in [-0.1, -0.05) is 19.1 Å². The summed E-state index contributed by atoms with van der Waals surface area (Å²) in [5.41, 5.74) is 0.823. The standard InChI is InChI=1S/C20H28N2O4S/c1-2-27(25,26)18-8-6-16(7-9-18)15-20(24)21-13-10-17(11-14-21)22-12-4-3-5-19(22)23/h6-9,17H,2-5,10-15H2,1H3. The molecule has 0 unspecified atom stereocenters. The first-order valence-corrected chi connectivity index (χ1v) is 11.4. The Morgan fingerprint density at radius 3 is 2.33 bits per heavy atom. The molecular formula is C20H28N2O4S. The third-order valence-electron chi connectivity index (χ3n) is 5.64. The van der Waals surface area contributed by atoms with Crippen LogP contribution in [0.5, 0.6) is 0 Å². The maximum Gasteiger partial charge on any atom is 0.226 e. The zero-order valence-electron chi connectivity index (χ0n) is 15.9. The smallest absolute Gasteiger partial charge is 0.226 e. The minimum atomic E-state index is -3.21. The number of amides is 2. The molecule has 148 valence electrons. The minimum Gasteiger partial charge on any atom is -0.342 e. The van der Waals surface area contributed by atoms with Crippen LogP contribution in [0.25, 0.3) is 0 Å². The molecule has 1 aromatic rings.